The van der Waals surface area contributed by atoms with E-state index in [9.17, 15) is 30.8 Å². The summed E-state index contributed by atoms with van der Waals surface area (Å²) >= 11 is 15.7. The van der Waals surface area contributed by atoms with Crippen molar-refractivity contribution in [1.29, 1.82) is 10.5 Å². The summed E-state index contributed by atoms with van der Waals surface area (Å²) in [5.74, 6) is 0.882. The normalized spacial score (nSPS) is 14.9. The number of non-ortho nitro benzene ring substituents is 2. The highest BCUT2D eigenvalue weighted by Gasteiger charge is 2.45. The standard InChI is InChI=1S/C46H52Br4N10O6.H3N/c1-9-57(10-2)33-15-21-39(55-53-37-19-17-35(59(61)62)25-31(37)29-51)41(27-33)65-45(7,49)43(5,47)23-13-14-24-44(6,48)46(8,50)66-42-28-34(58(11-3)12-4)16-22-40(42)56-54-38-20-18-36(60(63)64)26-32(38)30-52;/h15-22,25-28H,9-14,23-24H2,1-8H3;1H3. The Kier molecular flexibility index (Phi) is 20.4. The maximum atomic E-state index is 11.3. The summed E-state index contributed by atoms with van der Waals surface area (Å²) in [5.41, 5.74) is 2.63. The van der Waals surface area contributed by atoms with Gasteiger partial charge in [-0.25, -0.2) is 0 Å². The highest BCUT2D eigenvalue weighted by molar-refractivity contribution is 9.13. The van der Waals surface area contributed by atoms with Gasteiger partial charge in [0.15, 0.2) is 20.5 Å². The van der Waals surface area contributed by atoms with E-state index in [1.165, 1.54) is 36.4 Å². The number of azo groups is 2. The van der Waals surface area contributed by atoms with Crippen molar-refractivity contribution in [1.82, 2.24) is 6.15 Å². The first kappa shape index (κ1) is 56.3. The van der Waals surface area contributed by atoms with Crippen LogP contribution in [0.5, 0.6) is 11.5 Å². The summed E-state index contributed by atoms with van der Waals surface area (Å²) in [4.78, 5) is 25.8. The molecule has 0 saturated carbocycles. The number of hydrogen-bond donors (Lipinski definition) is 1. The number of halogens is 4. The monoisotopic (exact) mass is 1170 g/mol. The number of ether oxygens (including phenoxy) is 2. The molecule has 4 aromatic carbocycles. The van der Waals surface area contributed by atoms with Crippen LogP contribution in [-0.2, 0) is 0 Å². The number of nitro groups is 2. The number of nitriles is 2. The number of benzene rings is 4. The number of nitro benzene ring substituents is 2. The molecule has 4 unspecified atom stereocenters. The average molecular weight is 1180 g/mol. The van der Waals surface area contributed by atoms with E-state index in [0.717, 1.165) is 50.4 Å². The zero-order chi connectivity index (χ0) is 49.0. The van der Waals surface area contributed by atoms with Gasteiger partial charge in [0.25, 0.3) is 11.4 Å². The molecule has 4 aromatic rings. The first-order valence-electron chi connectivity index (χ1n) is 21.2. The van der Waals surface area contributed by atoms with Crippen LogP contribution in [-0.4, -0.2) is 53.7 Å². The summed E-state index contributed by atoms with van der Waals surface area (Å²) in [7, 11) is 0. The molecule has 4 atom stereocenters. The molecule has 0 radical (unpaired) electrons. The van der Waals surface area contributed by atoms with Crippen LogP contribution in [0.4, 0.5) is 45.5 Å². The number of unbranched alkanes of at least 4 members (excludes halogenated alkanes) is 1. The fourth-order valence-electron chi connectivity index (χ4n) is 6.74. The second-order valence-electron chi connectivity index (χ2n) is 15.8. The van der Waals surface area contributed by atoms with E-state index in [1.807, 2.05) is 64.1 Å². The lowest BCUT2D eigenvalue weighted by Gasteiger charge is -2.40. The second-order valence-corrected chi connectivity index (χ2v) is 22.4. The maximum absolute atomic E-state index is 11.3. The van der Waals surface area contributed by atoms with Gasteiger partial charge in [0.05, 0.1) is 29.6 Å². The number of hydrogen-bond acceptors (Lipinski definition) is 15. The molecule has 3 N–H and O–H groups in total. The zero-order valence-electron chi connectivity index (χ0n) is 38.7. The van der Waals surface area contributed by atoms with Gasteiger partial charge in [-0.05, 0) is 136 Å². The molecule has 0 aromatic heterocycles. The number of alkyl halides is 4. The molecule has 4 rings (SSSR count). The zero-order valence-corrected chi connectivity index (χ0v) is 45.1. The molecule has 0 saturated heterocycles. The summed E-state index contributed by atoms with van der Waals surface area (Å²) in [6.45, 7) is 19.3. The Morgan fingerprint density at radius 1 is 0.567 bits per heavy atom. The van der Waals surface area contributed by atoms with Gasteiger partial charge in [-0.1, -0.05) is 44.7 Å². The molecule has 0 amide bonds. The molecule has 0 heterocycles. The smallest absolute Gasteiger partial charge is 0.270 e. The van der Waals surface area contributed by atoms with E-state index < -0.39 is 27.5 Å². The van der Waals surface area contributed by atoms with E-state index >= 15 is 0 Å². The molecule has 21 heteroatoms. The number of anilines is 2. The van der Waals surface area contributed by atoms with E-state index in [-0.39, 0.29) is 40.0 Å². The molecule has 17 nitrogen and oxygen atoms in total. The topological polar surface area (TPSA) is 243 Å². The number of nitrogens with zero attached hydrogens (tertiary/aromatic N) is 10. The van der Waals surface area contributed by atoms with Gasteiger partial charge in [-0.2, -0.15) is 10.5 Å². The highest BCUT2D eigenvalue weighted by Crippen LogP contribution is 2.49. The largest absolute Gasteiger partial charge is 0.472 e. The minimum atomic E-state index is -0.967. The molecule has 0 spiro atoms. The summed E-state index contributed by atoms with van der Waals surface area (Å²) < 4.78 is 10.4. The van der Waals surface area contributed by atoms with Crippen LogP contribution >= 0.6 is 63.7 Å². The lowest BCUT2D eigenvalue weighted by molar-refractivity contribution is -0.385. The average Bonchev–Trinajstić information content (AvgIpc) is 3.27. The van der Waals surface area contributed by atoms with Crippen molar-refractivity contribution in [3.63, 3.8) is 0 Å². The van der Waals surface area contributed by atoms with E-state index in [0.29, 0.717) is 35.7 Å². The van der Waals surface area contributed by atoms with Crippen molar-refractivity contribution >= 4 is 109 Å². The van der Waals surface area contributed by atoms with Gasteiger partial charge in [0.1, 0.15) is 34.9 Å². The molecule has 0 aliphatic carbocycles. The van der Waals surface area contributed by atoms with Crippen molar-refractivity contribution < 1.29 is 19.3 Å². The van der Waals surface area contributed by atoms with Gasteiger partial charge in [0.2, 0.25) is 0 Å². The van der Waals surface area contributed by atoms with E-state index in [4.69, 9.17) is 9.47 Å². The van der Waals surface area contributed by atoms with Crippen molar-refractivity contribution in [2.45, 2.75) is 98.7 Å². The SMILES string of the molecule is CCN(CC)c1ccc(N=Nc2ccc([N+](=O)[O-])cc2C#N)c(OC(C)(Br)C(C)(Br)CCCCC(C)(Br)C(C)(Br)Oc2cc(N(CC)CC)ccc2N=Nc2ccc([N+](=O)[O-])cc2C#N)c1.N. The van der Waals surface area contributed by atoms with Gasteiger partial charge >= 0.3 is 0 Å². The van der Waals surface area contributed by atoms with Crippen molar-refractivity contribution in [3.8, 4) is 23.6 Å². The van der Waals surface area contributed by atoms with Crippen molar-refractivity contribution in [2.75, 3.05) is 36.0 Å². The van der Waals surface area contributed by atoms with Crippen molar-refractivity contribution in [3.05, 3.63) is 104 Å². The minimum Gasteiger partial charge on any atom is -0.472 e. The fraction of sp³-hybridized carbons (Fsp3) is 0.435. The van der Waals surface area contributed by atoms with Gasteiger partial charge in [-0.15, -0.1) is 20.5 Å². The van der Waals surface area contributed by atoms with E-state index in [2.05, 4.69) is 122 Å². The maximum Gasteiger partial charge on any atom is 0.270 e. The molecule has 67 heavy (non-hydrogen) atoms. The molecule has 0 bridgehead atoms. The highest BCUT2D eigenvalue weighted by atomic mass is 79.9. The van der Waals surface area contributed by atoms with Crippen LogP contribution < -0.4 is 25.4 Å². The van der Waals surface area contributed by atoms with Gasteiger partial charge < -0.3 is 25.4 Å². The minimum absolute atomic E-state index is 0. The summed E-state index contributed by atoms with van der Waals surface area (Å²) in [5, 5.41) is 59.5. The first-order chi connectivity index (χ1) is 31.1. The molecule has 0 aliphatic rings. The Morgan fingerprint density at radius 3 is 1.18 bits per heavy atom. The van der Waals surface area contributed by atoms with Crippen LogP contribution in [0.1, 0.15) is 92.2 Å². The number of rotatable bonds is 23. The van der Waals surface area contributed by atoms with Crippen LogP contribution in [0, 0.1) is 42.9 Å². The van der Waals surface area contributed by atoms with Crippen LogP contribution in [0.3, 0.4) is 0 Å². The van der Waals surface area contributed by atoms with Crippen LogP contribution in [0.15, 0.2) is 93.3 Å². The summed E-state index contributed by atoms with van der Waals surface area (Å²) in [6, 6.07) is 22.9. The molecule has 0 aliphatic heterocycles. The lowest BCUT2D eigenvalue weighted by Crippen LogP contribution is -2.45. The van der Waals surface area contributed by atoms with E-state index in [1.54, 1.807) is 12.1 Å². The van der Waals surface area contributed by atoms with Crippen molar-refractivity contribution in [2.24, 2.45) is 20.5 Å². The molecule has 0 fully saturated rings. The molecular weight excluding hydrogens is 1120 g/mol. The van der Waals surface area contributed by atoms with Gasteiger partial charge in [0, 0.05) is 74.0 Å². The molecule has 358 valence electrons. The second kappa shape index (κ2) is 24.3. The Balaban J connectivity index is 0.0000119. The van der Waals surface area contributed by atoms with Crippen LogP contribution in [0.2, 0.25) is 0 Å². The predicted octanol–water partition coefficient (Wildman–Crippen LogP) is 15.5. The third kappa shape index (κ3) is 14.2. The van der Waals surface area contributed by atoms with Gasteiger partial charge in [-0.3, -0.25) is 20.2 Å². The fourth-order valence-corrected chi connectivity index (χ4v) is 8.20. The first-order valence-corrected chi connectivity index (χ1v) is 24.4. The third-order valence-electron chi connectivity index (χ3n) is 11.3. The summed E-state index contributed by atoms with van der Waals surface area (Å²) in [6.07, 6.45) is 2.94. The Morgan fingerprint density at radius 2 is 0.881 bits per heavy atom. The third-order valence-corrected chi connectivity index (χ3v) is 16.8. The quantitative estimate of drug-likeness (QED) is 0.0241. The van der Waals surface area contributed by atoms with Crippen LogP contribution in [0.25, 0.3) is 0 Å². The molecular formula is C46H55Br4N11O6. The Bertz CT molecular complexity index is 2360. The Labute approximate surface area is 425 Å². The lowest BCUT2D eigenvalue weighted by atomic mass is 9.93. The predicted molar refractivity (Wildman–Crippen MR) is 278 cm³/mol. The Hall–Kier alpha value is -5.06.